The van der Waals surface area contributed by atoms with Crippen molar-refractivity contribution in [3.8, 4) is 0 Å². The third-order valence-electron chi connectivity index (χ3n) is 2.75. The zero-order valence-corrected chi connectivity index (χ0v) is 15.5. The third kappa shape index (κ3) is 6.75. The van der Waals surface area contributed by atoms with E-state index in [9.17, 15) is 4.79 Å². The molecule has 126 valence electrons. The Labute approximate surface area is 139 Å². The molecule has 0 saturated carbocycles. The van der Waals surface area contributed by atoms with Crippen molar-refractivity contribution in [3.05, 3.63) is 29.6 Å². The van der Waals surface area contributed by atoms with Crippen LogP contribution in [0, 0.1) is 5.41 Å². The molecule has 4 nitrogen and oxygen atoms in total. The summed E-state index contributed by atoms with van der Waals surface area (Å²) in [6.07, 6.45) is 1.69. The lowest BCUT2D eigenvalue weighted by Gasteiger charge is -2.22. The lowest BCUT2D eigenvalue weighted by molar-refractivity contribution is 0.00232. The first-order valence-electron chi connectivity index (χ1n) is 7.61. The van der Waals surface area contributed by atoms with E-state index in [1.165, 1.54) is 0 Å². The SMILES string of the molecule is CC.CC(C)(CCl)CONC(=O)c1cccnc1C(C)(C)C. The highest BCUT2D eigenvalue weighted by molar-refractivity contribution is 6.18. The van der Waals surface area contributed by atoms with E-state index in [1.807, 2.05) is 48.5 Å². The van der Waals surface area contributed by atoms with Crippen LogP contribution in [0.5, 0.6) is 0 Å². The van der Waals surface area contributed by atoms with Crippen molar-refractivity contribution in [2.45, 2.75) is 53.9 Å². The number of hydrogen-bond acceptors (Lipinski definition) is 3. The first-order valence-corrected chi connectivity index (χ1v) is 8.14. The highest BCUT2D eigenvalue weighted by Gasteiger charge is 2.23. The molecule has 0 fully saturated rings. The molecule has 0 aromatic carbocycles. The van der Waals surface area contributed by atoms with Crippen molar-refractivity contribution in [1.29, 1.82) is 0 Å². The van der Waals surface area contributed by atoms with Gasteiger partial charge in [-0.1, -0.05) is 48.5 Å². The summed E-state index contributed by atoms with van der Waals surface area (Å²) in [5, 5.41) is 0. The standard InChI is InChI=1S/C15H23ClN2O2.C2H6/c1-14(2,3)12-11(7-6-8-17-12)13(19)18-20-10-15(4,5)9-16;1-2/h6-8H,9-10H2,1-5H3,(H,18,19);1-2H3. The molecule has 0 saturated heterocycles. The molecule has 0 atom stereocenters. The number of hydrogen-bond donors (Lipinski definition) is 1. The number of nitrogens with one attached hydrogen (secondary N) is 1. The number of amides is 1. The predicted molar refractivity (Wildman–Crippen MR) is 92.2 cm³/mol. The Bertz CT molecular complexity index is 468. The van der Waals surface area contributed by atoms with Gasteiger partial charge in [0.05, 0.1) is 17.9 Å². The van der Waals surface area contributed by atoms with E-state index in [4.69, 9.17) is 16.4 Å². The van der Waals surface area contributed by atoms with Gasteiger partial charge in [0.1, 0.15) is 0 Å². The van der Waals surface area contributed by atoms with E-state index in [0.717, 1.165) is 5.69 Å². The fourth-order valence-corrected chi connectivity index (χ4v) is 1.65. The van der Waals surface area contributed by atoms with E-state index < -0.39 is 0 Å². The summed E-state index contributed by atoms with van der Waals surface area (Å²) in [5.74, 6) is 0.177. The molecule has 5 heteroatoms. The average molecular weight is 329 g/mol. The number of halogens is 1. The topological polar surface area (TPSA) is 51.2 Å². The number of alkyl halides is 1. The van der Waals surface area contributed by atoms with Crippen molar-refractivity contribution in [1.82, 2.24) is 10.5 Å². The second-order valence-corrected chi connectivity index (χ2v) is 6.93. The Morgan fingerprint density at radius 2 is 1.86 bits per heavy atom. The molecule has 22 heavy (non-hydrogen) atoms. The van der Waals surface area contributed by atoms with E-state index in [2.05, 4.69) is 10.5 Å². The number of carbonyl (C=O) groups excluding carboxylic acids is 1. The smallest absolute Gasteiger partial charge is 0.273 e. The van der Waals surface area contributed by atoms with Crippen LogP contribution in [0.25, 0.3) is 0 Å². The molecule has 1 aromatic heterocycles. The Kier molecular flexibility index (Phi) is 8.64. The number of pyridine rings is 1. The van der Waals surface area contributed by atoms with Crippen LogP contribution in [0.15, 0.2) is 18.3 Å². The van der Waals surface area contributed by atoms with E-state index in [0.29, 0.717) is 18.1 Å². The molecule has 0 unspecified atom stereocenters. The number of nitrogens with zero attached hydrogens (tertiary/aromatic N) is 1. The predicted octanol–water partition coefficient (Wildman–Crippen LogP) is 4.33. The summed E-state index contributed by atoms with van der Waals surface area (Å²) in [6, 6.07) is 3.49. The van der Waals surface area contributed by atoms with Gasteiger partial charge in [0.25, 0.3) is 5.91 Å². The lowest BCUT2D eigenvalue weighted by atomic mass is 9.88. The van der Waals surface area contributed by atoms with Crippen LogP contribution in [0.2, 0.25) is 0 Å². The van der Waals surface area contributed by atoms with Crippen molar-refractivity contribution < 1.29 is 9.63 Å². The molecule has 0 spiro atoms. The first kappa shape index (κ1) is 20.9. The van der Waals surface area contributed by atoms with Crippen molar-refractivity contribution in [2.75, 3.05) is 12.5 Å². The minimum Gasteiger partial charge on any atom is -0.273 e. The second kappa shape index (κ2) is 9.11. The second-order valence-electron chi connectivity index (χ2n) is 6.67. The molecule has 0 radical (unpaired) electrons. The number of hydroxylamine groups is 1. The Balaban J connectivity index is 0.00000211. The zero-order valence-electron chi connectivity index (χ0n) is 14.8. The molecular formula is C17H29ClN2O2. The minimum absolute atomic E-state index is 0.184. The van der Waals surface area contributed by atoms with Gasteiger partial charge >= 0.3 is 0 Å². The van der Waals surface area contributed by atoms with E-state index >= 15 is 0 Å². The van der Waals surface area contributed by atoms with Crippen LogP contribution in [0.1, 0.15) is 64.5 Å². The highest BCUT2D eigenvalue weighted by Crippen LogP contribution is 2.23. The largest absolute Gasteiger partial charge is 0.276 e. The molecule has 0 aliphatic heterocycles. The molecule has 1 N–H and O–H groups in total. The number of aromatic nitrogens is 1. The molecule has 0 bridgehead atoms. The van der Waals surface area contributed by atoms with Gasteiger partial charge < -0.3 is 0 Å². The van der Waals surface area contributed by atoms with Crippen LogP contribution in [0.3, 0.4) is 0 Å². The first-order chi connectivity index (χ1) is 10.2. The van der Waals surface area contributed by atoms with Crippen LogP contribution in [-0.2, 0) is 10.3 Å². The summed E-state index contributed by atoms with van der Waals surface area (Å²) in [5.41, 5.74) is 3.35. The van der Waals surface area contributed by atoms with Gasteiger partial charge in [-0.15, -0.1) is 11.6 Å². The van der Waals surface area contributed by atoms with Crippen molar-refractivity contribution >= 4 is 17.5 Å². The van der Waals surface area contributed by atoms with Crippen LogP contribution >= 0.6 is 11.6 Å². The summed E-state index contributed by atoms with van der Waals surface area (Å²) in [7, 11) is 0. The molecular weight excluding hydrogens is 300 g/mol. The minimum atomic E-state index is -0.284. The zero-order chi connectivity index (χ0) is 17.4. The molecule has 0 aliphatic rings. The van der Waals surface area contributed by atoms with Gasteiger partial charge in [-0.05, 0) is 12.1 Å². The lowest BCUT2D eigenvalue weighted by Crippen LogP contribution is -2.32. The highest BCUT2D eigenvalue weighted by atomic mass is 35.5. The van der Waals surface area contributed by atoms with Crippen molar-refractivity contribution in [3.63, 3.8) is 0 Å². The van der Waals surface area contributed by atoms with Gasteiger partial charge in [-0.2, -0.15) is 0 Å². The van der Waals surface area contributed by atoms with Gasteiger partial charge in [-0.25, -0.2) is 5.48 Å². The van der Waals surface area contributed by atoms with Crippen LogP contribution in [-0.4, -0.2) is 23.4 Å². The maximum absolute atomic E-state index is 12.2. The number of carbonyl (C=O) groups is 1. The fourth-order valence-electron chi connectivity index (χ4n) is 1.58. The fraction of sp³-hybridized carbons (Fsp3) is 0.647. The van der Waals surface area contributed by atoms with Gasteiger partial charge in [0, 0.05) is 22.9 Å². The van der Waals surface area contributed by atoms with E-state index in [-0.39, 0.29) is 16.7 Å². The average Bonchev–Trinajstić information content (AvgIpc) is 2.48. The third-order valence-corrected chi connectivity index (χ3v) is 3.48. The molecule has 1 heterocycles. The molecule has 1 aromatic rings. The molecule has 0 aliphatic carbocycles. The Hall–Kier alpha value is -1.13. The summed E-state index contributed by atoms with van der Waals surface area (Å²) >= 11 is 5.81. The summed E-state index contributed by atoms with van der Waals surface area (Å²) < 4.78 is 0. The van der Waals surface area contributed by atoms with Crippen LogP contribution < -0.4 is 5.48 Å². The number of rotatable bonds is 5. The van der Waals surface area contributed by atoms with Gasteiger partial charge in [0.15, 0.2) is 0 Å². The summed E-state index contributed by atoms with van der Waals surface area (Å²) in [6.45, 7) is 14.3. The maximum atomic E-state index is 12.2. The maximum Gasteiger partial charge on any atom is 0.276 e. The van der Waals surface area contributed by atoms with Crippen molar-refractivity contribution in [2.24, 2.45) is 5.41 Å². The van der Waals surface area contributed by atoms with E-state index in [1.54, 1.807) is 18.3 Å². The molecule has 1 rings (SSSR count). The van der Waals surface area contributed by atoms with Gasteiger partial charge in [-0.3, -0.25) is 14.6 Å². The normalized spacial score (nSPS) is 11.5. The monoisotopic (exact) mass is 328 g/mol. The summed E-state index contributed by atoms with van der Waals surface area (Å²) in [4.78, 5) is 21.7. The quantitative estimate of drug-likeness (QED) is 0.646. The Morgan fingerprint density at radius 3 is 2.36 bits per heavy atom. The Morgan fingerprint density at radius 1 is 1.27 bits per heavy atom. The van der Waals surface area contributed by atoms with Crippen LogP contribution in [0.4, 0.5) is 0 Å². The van der Waals surface area contributed by atoms with Gasteiger partial charge in [0.2, 0.25) is 0 Å². The molecule has 1 amide bonds.